The molecular weight excluding hydrogens is 383 g/mol. The summed E-state index contributed by atoms with van der Waals surface area (Å²) < 4.78 is 25.4. The molecular formula is C17H16Cl2N2O3S. The van der Waals surface area contributed by atoms with Crippen LogP contribution in [0.2, 0.25) is 10.0 Å². The molecule has 1 aliphatic heterocycles. The number of amides is 2. The highest BCUT2D eigenvalue weighted by atomic mass is 35.5. The van der Waals surface area contributed by atoms with Crippen LogP contribution >= 0.6 is 23.2 Å². The Morgan fingerprint density at radius 2 is 1.80 bits per heavy atom. The fraction of sp³-hybridized carbons (Fsp3) is 0.235. The molecule has 1 atom stereocenters. The molecule has 0 aliphatic carbocycles. The van der Waals surface area contributed by atoms with Crippen LogP contribution in [-0.4, -0.2) is 37.7 Å². The maximum absolute atomic E-state index is 12.7. The zero-order valence-corrected chi connectivity index (χ0v) is 15.5. The van der Waals surface area contributed by atoms with Crippen LogP contribution in [0.5, 0.6) is 0 Å². The number of halogens is 2. The lowest BCUT2D eigenvalue weighted by Crippen LogP contribution is -2.35. The minimum absolute atomic E-state index is 0.150. The van der Waals surface area contributed by atoms with E-state index in [-0.39, 0.29) is 17.5 Å². The molecule has 1 saturated heterocycles. The lowest BCUT2D eigenvalue weighted by molar-refractivity contribution is 0.222. The minimum Gasteiger partial charge on any atom is -0.323 e. The number of carbonyl (C=O) groups excluding carboxylic acids is 1. The van der Waals surface area contributed by atoms with Crippen molar-refractivity contribution in [1.29, 1.82) is 0 Å². The third kappa shape index (κ3) is 4.08. The van der Waals surface area contributed by atoms with Crippen LogP contribution in [0.1, 0.15) is 6.42 Å². The molecule has 8 heteroatoms. The molecule has 1 fully saturated rings. The Bertz CT molecular complexity index is 885. The van der Waals surface area contributed by atoms with Gasteiger partial charge in [0.15, 0.2) is 9.84 Å². The first-order chi connectivity index (χ1) is 11.9. The van der Waals surface area contributed by atoms with E-state index in [0.29, 0.717) is 28.7 Å². The molecule has 2 aromatic rings. The molecule has 1 N–H and O–H groups in total. The summed E-state index contributed by atoms with van der Waals surface area (Å²) >= 11 is 11.7. The maximum atomic E-state index is 12.7. The van der Waals surface area contributed by atoms with E-state index in [1.54, 1.807) is 36.4 Å². The van der Waals surface area contributed by atoms with Crippen molar-refractivity contribution in [2.75, 3.05) is 18.4 Å². The Morgan fingerprint density at radius 1 is 1.08 bits per heavy atom. The second-order valence-electron chi connectivity index (χ2n) is 5.80. The molecule has 0 spiro atoms. The number of urea groups is 1. The number of hydrogen-bond acceptors (Lipinski definition) is 3. The van der Waals surface area contributed by atoms with E-state index in [9.17, 15) is 13.2 Å². The first-order valence-electron chi connectivity index (χ1n) is 7.67. The van der Waals surface area contributed by atoms with Crippen molar-refractivity contribution in [3.63, 3.8) is 0 Å². The normalized spacial score (nSPS) is 17.5. The number of sulfone groups is 1. The quantitative estimate of drug-likeness (QED) is 0.846. The fourth-order valence-corrected chi connectivity index (χ4v) is 4.76. The fourth-order valence-electron chi connectivity index (χ4n) is 2.75. The van der Waals surface area contributed by atoms with Crippen molar-refractivity contribution in [3.05, 3.63) is 58.6 Å². The summed E-state index contributed by atoms with van der Waals surface area (Å²) in [6, 6.07) is 12.5. The summed E-state index contributed by atoms with van der Waals surface area (Å²) in [7, 11) is -3.50. The van der Waals surface area contributed by atoms with E-state index < -0.39 is 15.1 Å². The van der Waals surface area contributed by atoms with E-state index in [1.165, 1.54) is 17.0 Å². The predicted octanol–water partition coefficient (Wildman–Crippen LogP) is 4.07. The molecule has 5 nitrogen and oxygen atoms in total. The molecule has 3 rings (SSSR count). The summed E-state index contributed by atoms with van der Waals surface area (Å²) in [4.78, 5) is 14.1. The van der Waals surface area contributed by atoms with Crippen LogP contribution in [-0.2, 0) is 9.84 Å². The highest BCUT2D eigenvalue weighted by Crippen LogP contribution is 2.25. The van der Waals surface area contributed by atoms with Gasteiger partial charge in [0.05, 0.1) is 10.1 Å². The number of anilines is 1. The number of benzene rings is 2. The molecule has 2 amide bonds. The molecule has 2 aromatic carbocycles. The predicted molar refractivity (Wildman–Crippen MR) is 99.1 cm³/mol. The Morgan fingerprint density at radius 3 is 2.48 bits per heavy atom. The third-order valence-electron chi connectivity index (χ3n) is 4.09. The second-order valence-corrected chi connectivity index (χ2v) is 8.90. The zero-order chi connectivity index (χ0) is 18.0. The van der Waals surface area contributed by atoms with Gasteiger partial charge in [-0.2, -0.15) is 0 Å². The smallest absolute Gasteiger partial charge is 0.321 e. The van der Waals surface area contributed by atoms with Crippen LogP contribution in [0.15, 0.2) is 53.4 Å². The zero-order valence-electron chi connectivity index (χ0n) is 13.2. The molecule has 25 heavy (non-hydrogen) atoms. The van der Waals surface area contributed by atoms with Crippen molar-refractivity contribution in [3.8, 4) is 0 Å². The Hall–Kier alpha value is -1.76. The van der Waals surface area contributed by atoms with Crippen molar-refractivity contribution < 1.29 is 13.2 Å². The molecule has 0 radical (unpaired) electrons. The van der Waals surface area contributed by atoms with Crippen LogP contribution in [0, 0.1) is 0 Å². The van der Waals surface area contributed by atoms with E-state index in [2.05, 4.69) is 5.32 Å². The Balaban J connectivity index is 1.68. The average molecular weight is 399 g/mol. The first-order valence-corrected chi connectivity index (χ1v) is 9.97. The van der Waals surface area contributed by atoms with Gasteiger partial charge in [-0.3, -0.25) is 0 Å². The Labute approximate surface area is 156 Å². The van der Waals surface area contributed by atoms with E-state index in [1.807, 2.05) is 0 Å². The lowest BCUT2D eigenvalue weighted by Gasteiger charge is -2.17. The van der Waals surface area contributed by atoms with E-state index in [0.717, 1.165) is 0 Å². The number of nitrogens with one attached hydrogen (secondary N) is 1. The molecule has 0 saturated carbocycles. The summed E-state index contributed by atoms with van der Waals surface area (Å²) in [5.74, 6) is 0. The molecule has 0 bridgehead atoms. The largest absolute Gasteiger partial charge is 0.323 e. The average Bonchev–Trinajstić information content (AvgIpc) is 3.06. The molecule has 1 unspecified atom stereocenters. The standard InChI is InChI=1S/C17H16Cl2N2O3S/c18-12-4-6-15(7-5-12)25(23,24)16-8-9-21(11-16)17(22)20-14-3-1-2-13(19)10-14/h1-7,10,16H,8-9,11H2,(H,20,22). The van der Waals surface area contributed by atoms with Gasteiger partial charge >= 0.3 is 6.03 Å². The molecule has 1 heterocycles. The maximum Gasteiger partial charge on any atom is 0.321 e. The van der Waals surface area contributed by atoms with Crippen molar-refractivity contribution in [1.82, 2.24) is 4.90 Å². The number of carbonyl (C=O) groups is 1. The van der Waals surface area contributed by atoms with Gasteiger partial charge in [-0.1, -0.05) is 29.3 Å². The van der Waals surface area contributed by atoms with Gasteiger partial charge in [-0.15, -0.1) is 0 Å². The lowest BCUT2D eigenvalue weighted by atomic mass is 10.3. The molecule has 132 valence electrons. The monoisotopic (exact) mass is 398 g/mol. The second kappa shape index (κ2) is 7.23. The highest BCUT2D eigenvalue weighted by Gasteiger charge is 2.36. The minimum atomic E-state index is -3.50. The topological polar surface area (TPSA) is 66.5 Å². The van der Waals surface area contributed by atoms with Crippen LogP contribution in [0.25, 0.3) is 0 Å². The van der Waals surface area contributed by atoms with Crippen LogP contribution in [0.4, 0.5) is 10.5 Å². The number of hydrogen-bond donors (Lipinski definition) is 1. The summed E-state index contributed by atoms with van der Waals surface area (Å²) in [5, 5.41) is 3.10. The van der Waals surface area contributed by atoms with Crippen LogP contribution < -0.4 is 5.32 Å². The van der Waals surface area contributed by atoms with E-state index in [4.69, 9.17) is 23.2 Å². The Kier molecular flexibility index (Phi) is 5.22. The van der Waals surface area contributed by atoms with Gasteiger partial charge in [0.2, 0.25) is 0 Å². The van der Waals surface area contributed by atoms with Gasteiger partial charge in [0, 0.05) is 28.8 Å². The third-order valence-corrected chi connectivity index (χ3v) is 6.77. The van der Waals surface area contributed by atoms with E-state index >= 15 is 0 Å². The highest BCUT2D eigenvalue weighted by molar-refractivity contribution is 7.92. The molecule has 1 aliphatic rings. The summed E-state index contributed by atoms with van der Waals surface area (Å²) in [6.07, 6.45) is 0.397. The van der Waals surface area contributed by atoms with Gasteiger partial charge in [0.25, 0.3) is 0 Å². The van der Waals surface area contributed by atoms with Gasteiger partial charge < -0.3 is 10.2 Å². The van der Waals surface area contributed by atoms with Crippen molar-refractivity contribution in [2.24, 2.45) is 0 Å². The number of likely N-dealkylation sites (tertiary alicyclic amines) is 1. The van der Waals surface area contributed by atoms with Gasteiger partial charge in [0.1, 0.15) is 0 Å². The summed E-state index contributed by atoms with van der Waals surface area (Å²) in [5.41, 5.74) is 0.571. The van der Waals surface area contributed by atoms with Gasteiger partial charge in [-0.05, 0) is 48.9 Å². The van der Waals surface area contributed by atoms with Gasteiger partial charge in [-0.25, -0.2) is 13.2 Å². The van der Waals surface area contributed by atoms with Crippen LogP contribution in [0.3, 0.4) is 0 Å². The van der Waals surface area contributed by atoms with Crippen molar-refractivity contribution in [2.45, 2.75) is 16.6 Å². The number of rotatable bonds is 3. The summed E-state index contributed by atoms with van der Waals surface area (Å²) in [6.45, 7) is 0.529. The SMILES string of the molecule is O=C(Nc1cccc(Cl)c1)N1CCC(S(=O)(=O)c2ccc(Cl)cc2)C1. The number of nitrogens with zero attached hydrogens (tertiary/aromatic N) is 1. The first kappa shape index (κ1) is 18.0. The van der Waals surface area contributed by atoms with Crippen molar-refractivity contribution >= 4 is 44.8 Å². The molecule has 0 aromatic heterocycles.